The van der Waals surface area contributed by atoms with Gasteiger partial charge in [0.05, 0.1) is 20.7 Å². The number of hydrogen-bond acceptors (Lipinski definition) is 8. The van der Waals surface area contributed by atoms with Gasteiger partial charge in [0.1, 0.15) is 21.9 Å². The van der Waals surface area contributed by atoms with Crippen LogP contribution in [0.5, 0.6) is 5.75 Å². The molecule has 14 heteroatoms. The molecule has 3 unspecified atom stereocenters. The molecule has 0 saturated heterocycles. The van der Waals surface area contributed by atoms with Crippen molar-refractivity contribution in [2.75, 3.05) is 12.0 Å². The Labute approximate surface area is 262 Å². The number of nitrogens with zero attached hydrogens (tertiary/aromatic N) is 1. The summed E-state index contributed by atoms with van der Waals surface area (Å²) in [5.41, 5.74) is -0.219. The standard InChI is InChI=1S/C28H45IN4O8S/c1-16(2)10-20(8-9-42(7,40)41)30-27(36)23(12-18(5)6)32-28(37)22(11-17(3)4)31-25(34)15-19-13-21(29)26(35)24(14-19)33(38)39/h13-14,16-18,20,22-23,35H,8-12,15H2,1-7H3,(H,30,36)(H,31,34)(H,32,37). The second kappa shape index (κ2) is 17.0. The van der Waals surface area contributed by atoms with E-state index in [1.807, 2.05) is 41.5 Å². The number of carbonyl (C=O) groups excluding carboxylic acids is 3. The number of nitro benzene ring substituents is 1. The fourth-order valence-electron chi connectivity index (χ4n) is 4.47. The van der Waals surface area contributed by atoms with E-state index in [0.717, 1.165) is 12.3 Å². The van der Waals surface area contributed by atoms with Gasteiger partial charge in [0, 0.05) is 18.4 Å². The van der Waals surface area contributed by atoms with Crippen LogP contribution in [0.2, 0.25) is 0 Å². The highest BCUT2D eigenvalue weighted by Gasteiger charge is 2.30. The third kappa shape index (κ3) is 14.1. The maximum atomic E-state index is 13.4. The molecule has 1 aromatic carbocycles. The van der Waals surface area contributed by atoms with Crippen LogP contribution >= 0.6 is 22.6 Å². The SMILES string of the molecule is CC(C)CC(CCS(C)(=O)=O)NC(=O)C(CC(C)C)NC(=O)C(CC(C)C)NC(=O)Cc1cc(I)c(O)c([N+](=O)[O-])c1. The zero-order valence-electron chi connectivity index (χ0n) is 25.4. The van der Waals surface area contributed by atoms with Gasteiger partial charge in [0.2, 0.25) is 23.5 Å². The predicted molar refractivity (Wildman–Crippen MR) is 170 cm³/mol. The molecule has 3 amide bonds. The van der Waals surface area contributed by atoms with Crippen molar-refractivity contribution in [1.29, 1.82) is 0 Å². The number of sulfone groups is 1. The van der Waals surface area contributed by atoms with Crippen LogP contribution in [0.1, 0.15) is 72.8 Å². The zero-order valence-corrected chi connectivity index (χ0v) is 28.4. The van der Waals surface area contributed by atoms with Gasteiger partial charge in [-0.1, -0.05) is 41.5 Å². The number of hydrogen-bond donors (Lipinski definition) is 4. The number of halogens is 1. The highest BCUT2D eigenvalue weighted by molar-refractivity contribution is 14.1. The molecular formula is C28H45IN4O8S. The van der Waals surface area contributed by atoms with E-state index in [1.165, 1.54) is 6.07 Å². The summed E-state index contributed by atoms with van der Waals surface area (Å²) in [6, 6.07) is 0.318. The first-order valence-electron chi connectivity index (χ1n) is 14.0. The molecule has 42 heavy (non-hydrogen) atoms. The highest BCUT2D eigenvalue weighted by atomic mass is 127. The lowest BCUT2D eigenvalue weighted by molar-refractivity contribution is -0.386. The maximum Gasteiger partial charge on any atom is 0.312 e. The molecule has 0 spiro atoms. The summed E-state index contributed by atoms with van der Waals surface area (Å²) in [6.45, 7) is 11.5. The molecule has 3 atom stereocenters. The van der Waals surface area contributed by atoms with Crippen LogP contribution < -0.4 is 16.0 Å². The van der Waals surface area contributed by atoms with Gasteiger partial charge < -0.3 is 21.1 Å². The molecule has 0 aromatic heterocycles. The average molecular weight is 725 g/mol. The van der Waals surface area contributed by atoms with E-state index in [2.05, 4.69) is 16.0 Å². The van der Waals surface area contributed by atoms with Gasteiger partial charge in [0.25, 0.3) is 0 Å². The molecule has 0 saturated carbocycles. The van der Waals surface area contributed by atoms with Gasteiger partial charge in [-0.15, -0.1) is 0 Å². The van der Waals surface area contributed by atoms with Gasteiger partial charge in [-0.3, -0.25) is 24.5 Å². The molecule has 238 valence electrons. The number of phenols is 1. The van der Waals surface area contributed by atoms with E-state index >= 15 is 0 Å². The molecule has 0 heterocycles. The van der Waals surface area contributed by atoms with Gasteiger partial charge in [-0.25, -0.2) is 8.42 Å². The number of amides is 3. The smallest absolute Gasteiger partial charge is 0.312 e. The summed E-state index contributed by atoms with van der Waals surface area (Å²) < 4.78 is 23.7. The summed E-state index contributed by atoms with van der Waals surface area (Å²) in [5, 5.41) is 29.6. The quantitative estimate of drug-likeness (QED) is 0.107. The van der Waals surface area contributed by atoms with Crippen LogP contribution in [-0.4, -0.2) is 66.3 Å². The van der Waals surface area contributed by atoms with Crippen molar-refractivity contribution in [3.63, 3.8) is 0 Å². The largest absolute Gasteiger partial charge is 0.501 e. The van der Waals surface area contributed by atoms with Crippen LogP contribution in [0, 0.1) is 31.4 Å². The lowest BCUT2D eigenvalue weighted by atomic mass is 9.98. The summed E-state index contributed by atoms with van der Waals surface area (Å²) in [7, 11) is -3.22. The topological polar surface area (TPSA) is 185 Å². The van der Waals surface area contributed by atoms with Crippen molar-refractivity contribution in [3.05, 3.63) is 31.4 Å². The Bertz CT molecular complexity index is 1220. The Morgan fingerprint density at radius 3 is 1.88 bits per heavy atom. The maximum absolute atomic E-state index is 13.4. The number of carbonyl (C=O) groups is 3. The van der Waals surface area contributed by atoms with Gasteiger partial charge in [-0.05, 0) is 77.7 Å². The number of benzene rings is 1. The third-order valence-electron chi connectivity index (χ3n) is 6.30. The molecule has 4 N–H and O–H groups in total. The number of nitrogens with one attached hydrogen (secondary N) is 3. The monoisotopic (exact) mass is 724 g/mol. The first-order valence-corrected chi connectivity index (χ1v) is 17.2. The lowest BCUT2D eigenvalue weighted by Gasteiger charge is -2.27. The molecule has 1 rings (SSSR count). The summed E-state index contributed by atoms with van der Waals surface area (Å²) in [5.74, 6) is -1.80. The summed E-state index contributed by atoms with van der Waals surface area (Å²) in [6.07, 6.45) is 2.33. The number of nitro groups is 1. The average Bonchev–Trinajstić information content (AvgIpc) is 2.82. The second-order valence-electron chi connectivity index (χ2n) is 12.1. The van der Waals surface area contributed by atoms with Gasteiger partial charge >= 0.3 is 5.69 Å². The summed E-state index contributed by atoms with van der Waals surface area (Å²) >= 11 is 1.74. The van der Waals surface area contributed by atoms with Crippen molar-refractivity contribution >= 4 is 55.8 Å². The first-order chi connectivity index (χ1) is 19.3. The van der Waals surface area contributed by atoms with Crippen molar-refractivity contribution in [1.82, 2.24) is 16.0 Å². The number of phenolic OH excluding ortho intramolecular Hbond substituents is 1. The fourth-order valence-corrected chi connectivity index (χ4v) is 5.85. The van der Waals surface area contributed by atoms with Crippen molar-refractivity contribution in [2.24, 2.45) is 17.8 Å². The Hall–Kier alpha value is -2.49. The zero-order chi connectivity index (χ0) is 32.4. The van der Waals surface area contributed by atoms with E-state index in [1.54, 1.807) is 22.6 Å². The van der Waals surface area contributed by atoms with Gasteiger partial charge in [-0.2, -0.15) is 0 Å². The Morgan fingerprint density at radius 1 is 0.905 bits per heavy atom. The van der Waals surface area contributed by atoms with E-state index in [9.17, 15) is 38.0 Å². The van der Waals surface area contributed by atoms with Crippen molar-refractivity contribution < 1.29 is 32.8 Å². The molecule has 1 aromatic rings. The molecule has 12 nitrogen and oxygen atoms in total. The Balaban J connectivity index is 3.10. The Morgan fingerprint density at radius 2 is 1.40 bits per heavy atom. The highest BCUT2D eigenvalue weighted by Crippen LogP contribution is 2.32. The van der Waals surface area contributed by atoms with Crippen LogP contribution in [-0.2, 0) is 30.6 Å². The van der Waals surface area contributed by atoms with Crippen molar-refractivity contribution in [3.8, 4) is 5.75 Å². The minimum absolute atomic E-state index is 0.0144. The first kappa shape index (κ1) is 37.5. The van der Waals surface area contributed by atoms with Crippen LogP contribution in [0.3, 0.4) is 0 Å². The minimum Gasteiger partial charge on any atom is -0.501 e. The number of rotatable bonds is 17. The molecule has 0 aliphatic heterocycles. The molecule has 0 fully saturated rings. The fraction of sp³-hybridized carbons (Fsp3) is 0.679. The number of aromatic hydroxyl groups is 1. The van der Waals surface area contributed by atoms with E-state index in [-0.39, 0.29) is 52.4 Å². The third-order valence-corrected chi connectivity index (χ3v) is 8.10. The minimum atomic E-state index is -3.22. The second-order valence-corrected chi connectivity index (χ2v) is 15.5. The molecule has 0 aliphatic rings. The van der Waals surface area contributed by atoms with Gasteiger partial charge in [0.15, 0.2) is 0 Å². The van der Waals surface area contributed by atoms with Crippen molar-refractivity contribution in [2.45, 2.75) is 91.8 Å². The van der Waals surface area contributed by atoms with Crippen LogP contribution in [0.25, 0.3) is 0 Å². The predicted octanol–water partition coefficient (Wildman–Crippen LogP) is 3.47. The summed E-state index contributed by atoms with van der Waals surface area (Å²) in [4.78, 5) is 50.2. The Kier molecular flexibility index (Phi) is 15.2. The normalized spacial score (nSPS) is 14.0. The molecule has 0 aliphatic carbocycles. The van der Waals surface area contributed by atoms with Crippen LogP contribution in [0.4, 0.5) is 5.69 Å². The van der Waals surface area contributed by atoms with E-state index in [0.29, 0.717) is 18.4 Å². The molecular weight excluding hydrogens is 679 g/mol. The molecule has 0 radical (unpaired) electrons. The van der Waals surface area contributed by atoms with Crippen LogP contribution in [0.15, 0.2) is 12.1 Å². The molecule has 0 bridgehead atoms. The van der Waals surface area contributed by atoms with E-state index < -0.39 is 56.0 Å². The lowest BCUT2D eigenvalue weighted by Crippen LogP contribution is -2.55. The van der Waals surface area contributed by atoms with E-state index in [4.69, 9.17) is 0 Å².